The van der Waals surface area contributed by atoms with Gasteiger partial charge in [0, 0.05) is 48.7 Å². The number of carbonyl (C=O) groups is 1. The highest BCUT2D eigenvalue weighted by Gasteiger charge is 2.58. The van der Waals surface area contributed by atoms with Crippen LogP contribution < -0.4 is 0 Å². The second-order valence-corrected chi connectivity index (χ2v) is 12.4. The van der Waals surface area contributed by atoms with E-state index >= 15 is 0 Å². The topological polar surface area (TPSA) is 54.5 Å². The minimum Gasteiger partial charge on any atom is -0.459 e. The Hall–Kier alpha value is -3.09. The van der Waals surface area contributed by atoms with Crippen molar-refractivity contribution in [2.75, 3.05) is 20.1 Å². The molecule has 2 saturated heterocycles. The summed E-state index contributed by atoms with van der Waals surface area (Å²) in [5.41, 5.74) is 3.51. The van der Waals surface area contributed by atoms with Crippen molar-refractivity contribution in [1.82, 2.24) is 19.4 Å². The molecule has 39 heavy (non-hydrogen) atoms. The number of hydrogen-bond acceptors (Lipinski definition) is 4. The van der Waals surface area contributed by atoms with E-state index in [9.17, 15) is 4.79 Å². The van der Waals surface area contributed by atoms with Crippen molar-refractivity contribution in [3.8, 4) is 0 Å². The quantitative estimate of drug-likeness (QED) is 0.268. The average molecular weight is 543 g/mol. The number of hydrogen-bond donors (Lipinski definition) is 0. The first kappa shape index (κ1) is 24.9. The molecule has 1 unspecified atom stereocenters. The van der Waals surface area contributed by atoms with Crippen molar-refractivity contribution in [2.24, 2.45) is 5.92 Å². The van der Waals surface area contributed by atoms with Crippen molar-refractivity contribution >= 4 is 28.5 Å². The normalized spacial score (nSPS) is 28.2. The summed E-state index contributed by atoms with van der Waals surface area (Å²) in [4.78, 5) is 22.6. The first-order valence-electron chi connectivity index (χ1n) is 14.2. The molecule has 4 heterocycles. The summed E-state index contributed by atoms with van der Waals surface area (Å²) >= 11 is 6.46. The van der Waals surface area contributed by atoms with Crippen LogP contribution in [0.2, 0.25) is 5.02 Å². The maximum atomic E-state index is 13.1. The summed E-state index contributed by atoms with van der Waals surface area (Å²) < 4.78 is 7.91. The number of imidazole rings is 1. The van der Waals surface area contributed by atoms with Crippen LogP contribution in [-0.2, 0) is 5.41 Å². The number of aromatic nitrogens is 2. The smallest absolute Gasteiger partial charge is 0.289 e. The van der Waals surface area contributed by atoms with E-state index < -0.39 is 0 Å². The van der Waals surface area contributed by atoms with Gasteiger partial charge in [0.2, 0.25) is 0 Å². The average Bonchev–Trinajstić information content (AvgIpc) is 3.21. The Bertz CT molecular complexity index is 1500. The number of para-hydroxylation sites is 2. The standard InChI is InChI=1S/C32H35ClN4O2/c1-21-34-28-9-3-4-10-29(28)37(21)27-16-25-12-13-26(17-27)36(25)19-23-18-32(23,22-7-5-8-24(33)15-22)20-35(2)31(38)30-11-6-14-39-30/h3-11,14-15,23,25-27H,12-13,16-20H2,1-2H3/t23-,25-,26+,27?,32+/m0/s1. The van der Waals surface area contributed by atoms with Gasteiger partial charge in [-0.15, -0.1) is 0 Å². The van der Waals surface area contributed by atoms with Crippen molar-refractivity contribution in [3.63, 3.8) is 0 Å². The Morgan fingerprint density at radius 3 is 2.62 bits per heavy atom. The Kier molecular flexibility index (Phi) is 6.09. The van der Waals surface area contributed by atoms with Crippen LogP contribution in [-0.4, -0.2) is 57.5 Å². The summed E-state index contributed by atoms with van der Waals surface area (Å²) in [6, 6.07) is 22.0. The molecule has 3 fully saturated rings. The number of halogens is 1. The Balaban J connectivity index is 1.11. The SMILES string of the molecule is Cc1nc2ccccc2n1C1C[C@H]2CC[C@@H](C1)N2C[C@@H]1C[C@@]1(CN(C)C(=O)c1ccco1)c1cccc(Cl)c1. The summed E-state index contributed by atoms with van der Waals surface area (Å²) in [6.45, 7) is 3.88. The third-order valence-electron chi connectivity index (χ3n) is 9.66. The van der Waals surface area contributed by atoms with Gasteiger partial charge in [0.15, 0.2) is 5.76 Å². The largest absolute Gasteiger partial charge is 0.459 e. The van der Waals surface area contributed by atoms with Crippen LogP contribution in [0, 0.1) is 12.8 Å². The first-order valence-corrected chi connectivity index (χ1v) is 14.5. The fraction of sp³-hybridized carbons (Fsp3) is 0.438. The molecule has 7 heteroatoms. The fourth-order valence-electron chi connectivity index (χ4n) is 7.77. The van der Waals surface area contributed by atoms with Crippen LogP contribution in [0.3, 0.4) is 0 Å². The number of likely N-dealkylation sites (N-methyl/N-ethyl adjacent to an activating group) is 1. The molecule has 2 aliphatic heterocycles. The zero-order chi connectivity index (χ0) is 26.7. The lowest BCUT2D eigenvalue weighted by Gasteiger charge is -2.40. The maximum Gasteiger partial charge on any atom is 0.289 e. The van der Waals surface area contributed by atoms with Crippen LogP contribution in [0.5, 0.6) is 0 Å². The van der Waals surface area contributed by atoms with Crippen molar-refractivity contribution in [1.29, 1.82) is 0 Å². The number of furan rings is 1. The van der Waals surface area contributed by atoms with Gasteiger partial charge in [-0.1, -0.05) is 35.9 Å². The van der Waals surface area contributed by atoms with E-state index in [1.807, 2.05) is 24.1 Å². The van der Waals surface area contributed by atoms with E-state index in [1.54, 1.807) is 18.4 Å². The highest BCUT2D eigenvalue weighted by atomic mass is 35.5. The molecule has 6 nitrogen and oxygen atoms in total. The number of rotatable bonds is 7. The third kappa shape index (κ3) is 4.29. The van der Waals surface area contributed by atoms with Gasteiger partial charge < -0.3 is 13.9 Å². The van der Waals surface area contributed by atoms with Crippen LogP contribution in [0.25, 0.3) is 11.0 Å². The molecule has 2 aromatic heterocycles. The lowest BCUT2D eigenvalue weighted by molar-refractivity contribution is 0.0734. The minimum absolute atomic E-state index is 0.0733. The number of carbonyl (C=O) groups excluding carboxylic acids is 1. The summed E-state index contributed by atoms with van der Waals surface area (Å²) in [7, 11) is 1.89. The Morgan fingerprint density at radius 2 is 1.87 bits per heavy atom. The molecule has 2 aromatic carbocycles. The Morgan fingerprint density at radius 1 is 1.08 bits per heavy atom. The molecular formula is C32H35ClN4O2. The van der Waals surface area contributed by atoms with Gasteiger partial charge in [-0.3, -0.25) is 9.69 Å². The van der Waals surface area contributed by atoms with E-state index in [4.69, 9.17) is 21.0 Å². The maximum absolute atomic E-state index is 13.1. The molecule has 0 N–H and O–H groups in total. The number of nitrogens with zero attached hydrogens (tertiary/aromatic N) is 4. The molecule has 202 valence electrons. The van der Waals surface area contributed by atoms with Crippen LogP contribution in [0.1, 0.15) is 60.1 Å². The van der Waals surface area contributed by atoms with E-state index in [0.29, 0.717) is 36.3 Å². The van der Waals surface area contributed by atoms with Crippen LogP contribution in [0.15, 0.2) is 71.3 Å². The summed E-state index contributed by atoms with van der Waals surface area (Å²) in [5.74, 6) is 1.92. The first-order chi connectivity index (χ1) is 18.9. The highest BCUT2D eigenvalue weighted by molar-refractivity contribution is 6.30. The van der Waals surface area contributed by atoms with E-state index in [2.05, 4.69) is 52.8 Å². The van der Waals surface area contributed by atoms with Crippen LogP contribution in [0.4, 0.5) is 0 Å². The lowest BCUT2D eigenvalue weighted by atomic mass is 9.91. The monoisotopic (exact) mass is 542 g/mol. The molecule has 4 aromatic rings. The molecule has 1 saturated carbocycles. The van der Waals surface area contributed by atoms with Gasteiger partial charge in [-0.2, -0.15) is 0 Å². The zero-order valence-corrected chi connectivity index (χ0v) is 23.3. The molecule has 1 aliphatic carbocycles. The molecule has 1 amide bonds. The molecule has 5 atom stereocenters. The number of aryl methyl sites for hydroxylation is 1. The number of amides is 1. The van der Waals surface area contributed by atoms with Crippen molar-refractivity contribution in [3.05, 3.63) is 89.1 Å². The fourth-order valence-corrected chi connectivity index (χ4v) is 7.97. The second-order valence-electron chi connectivity index (χ2n) is 11.9. The van der Waals surface area contributed by atoms with E-state index in [0.717, 1.165) is 29.3 Å². The molecule has 0 spiro atoms. The molecule has 3 aliphatic rings. The second kappa shape index (κ2) is 9.53. The van der Waals surface area contributed by atoms with E-state index in [-0.39, 0.29) is 11.3 Å². The molecule has 0 radical (unpaired) electrons. The Labute approximate surface area is 234 Å². The minimum atomic E-state index is -0.0880. The summed E-state index contributed by atoms with van der Waals surface area (Å²) in [6.07, 6.45) is 7.49. The zero-order valence-electron chi connectivity index (χ0n) is 22.6. The van der Waals surface area contributed by atoms with Gasteiger partial charge in [0.1, 0.15) is 5.82 Å². The van der Waals surface area contributed by atoms with Gasteiger partial charge in [-0.25, -0.2) is 4.98 Å². The highest BCUT2D eigenvalue weighted by Crippen LogP contribution is 2.57. The molecule has 7 rings (SSSR count). The van der Waals surface area contributed by atoms with Crippen molar-refractivity contribution < 1.29 is 9.21 Å². The van der Waals surface area contributed by atoms with Gasteiger partial charge >= 0.3 is 0 Å². The predicted molar refractivity (Wildman–Crippen MR) is 153 cm³/mol. The van der Waals surface area contributed by atoms with Gasteiger partial charge in [-0.05, 0) is 86.9 Å². The number of piperidine rings is 1. The van der Waals surface area contributed by atoms with Crippen molar-refractivity contribution in [2.45, 2.75) is 62.6 Å². The summed E-state index contributed by atoms with van der Waals surface area (Å²) in [5, 5.41) is 0.751. The van der Waals surface area contributed by atoms with E-state index in [1.165, 1.54) is 36.8 Å². The lowest BCUT2D eigenvalue weighted by Crippen LogP contribution is -2.45. The van der Waals surface area contributed by atoms with Crippen LogP contribution >= 0.6 is 11.6 Å². The molecule has 2 bridgehead atoms. The number of benzene rings is 2. The number of fused-ring (bicyclic) bond motifs is 3. The molecular weight excluding hydrogens is 508 g/mol. The predicted octanol–water partition coefficient (Wildman–Crippen LogP) is 6.49. The third-order valence-corrected chi connectivity index (χ3v) is 9.89. The van der Waals surface area contributed by atoms with Gasteiger partial charge in [0.25, 0.3) is 5.91 Å². The van der Waals surface area contributed by atoms with Gasteiger partial charge in [0.05, 0.1) is 17.3 Å².